The van der Waals surface area contributed by atoms with Gasteiger partial charge in [0.15, 0.2) is 0 Å². The number of rotatable bonds is 4. The molecule has 1 aliphatic rings. The van der Waals surface area contributed by atoms with E-state index in [0.717, 1.165) is 9.13 Å². The van der Waals surface area contributed by atoms with E-state index in [1.807, 2.05) is 35.2 Å². The van der Waals surface area contributed by atoms with Crippen LogP contribution in [0.25, 0.3) is 5.70 Å². The number of fused-ring (bicyclic) bond motifs is 1. The molecule has 2 heterocycles. The lowest BCUT2D eigenvalue weighted by Crippen LogP contribution is -2.27. The van der Waals surface area contributed by atoms with Crippen molar-refractivity contribution in [2.75, 3.05) is 5.32 Å². The molecule has 0 spiro atoms. The Balaban J connectivity index is 1.76. The normalized spacial score (nSPS) is 12.8. The summed E-state index contributed by atoms with van der Waals surface area (Å²) in [5, 5.41) is 3.06. The Kier molecular flexibility index (Phi) is 5.23. The largest absolute Gasteiger partial charge is 0.352 e. The van der Waals surface area contributed by atoms with Gasteiger partial charge in [-0.3, -0.25) is 9.36 Å². The number of anilines is 2. The first-order valence-electron chi connectivity index (χ1n) is 8.94. The fourth-order valence-corrected chi connectivity index (χ4v) is 3.66. The zero-order valence-electron chi connectivity index (χ0n) is 15.7. The number of aromatic nitrogens is 1. The molecule has 0 bridgehead atoms. The molecule has 0 saturated carbocycles. The molecule has 0 amide bonds. The lowest BCUT2D eigenvalue weighted by molar-refractivity contribution is 0.587. The summed E-state index contributed by atoms with van der Waals surface area (Å²) >= 11 is 2.05. The number of pyridine rings is 1. The van der Waals surface area contributed by atoms with Crippen molar-refractivity contribution < 1.29 is 4.39 Å². The van der Waals surface area contributed by atoms with Crippen molar-refractivity contribution in [1.82, 2.24) is 9.47 Å². The molecule has 29 heavy (non-hydrogen) atoms. The van der Waals surface area contributed by atoms with Gasteiger partial charge in [0.1, 0.15) is 11.6 Å². The topological polar surface area (TPSA) is 49.6 Å². The van der Waals surface area contributed by atoms with Crippen molar-refractivity contribution in [2.24, 2.45) is 12.0 Å². The van der Waals surface area contributed by atoms with Crippen molar-refractivity contribution >= 4 is 51.8 Å². The van der Waals surface area contributed by atoms with E-state index in [-0.39, 0.29) is 11.2 Å². The van der Waals surface area contributed by atoms with Gasteiger partial charge in [0.25, 0.3) is 5.56 Å². The van der Waals surface area contributed by atoms with Crippen molar-refractivity contribution in [3.63, 3.8) is 0 Å². The van der Waals surface area contributed by atoms with Gasteiger partial charge < -0.3 is 10.2 Å². The minimum atomic E-state index is -0.391. The Labute approximate surface area is 181 Å². The van der Waals surface area contributed by atoms with Crippen LogP contribution >= 0.6 is 22.6 Å². The van der Waals surface area contributed by atoms with Gasteiger partial charge in [0.05, 0.1) is 23.3 Å². The molecule has 0 radical (unpaired) electrons. The average Bonchev–Trinajstić information content (AvgIpc) is 2.70. The summed E-state index contributed by atoms with van der Waals surface area (Å²) in [5.41, 5.74) is 2.98. The number of hydrogen-bond acceptors (Lipinski definition) is 4. The van der Waals surface area contributed by atoms with E-state index in [1.165, 1.54) is 16.7 Å². The predicted octanol–water partition coefficient (Wildman–Crippen LogP) is 5.02. The third-order valence-corrected chi connectivity index (χ3v) is 5.43. The third kappa shape index (κ3) is 3.82. The van der Waals surface area contributed by atoms with Crippen molar-refractivity contribution in [1.29, 1.82) is 0 Å². The summed E-state index contributed by atoms with van der Waals surface area (Å²) in [6, 6.07) is 16.3. The van der Waals surface area contributed by atoms with Crippen molar-refractivity contribution in [3.05, 3.63) is 92.0 Å². The number of nitrogens with one attached hydrogen (secondary N) is 1. The first-order chi connectivity index (χ1) is 13.9. The van der Waals surface area contributed by atoms with Crippen LogP contribution in [0.4, 0.5) is 21.6 Å². The van der Waals surface area contributed by atoms with E-state index in [4.69, 9.17) is 0 Å². The number of benzene rings is 2. The standard InChI is InChI=1S/C22H18FIN4O/c1-14-21-19(26-18-9-8-16(24)10-17(18)23)11-20(29)27(2)22(21)25-13-28(14)12-15-6-4-3-5-7-15/h3-11,13,26H,1,12H2,2H3. The highest BCUT2D eigenvalue weighted by atomic mass is 127. The Morgan fingerprint density at radius 1 is 1.14 bits per heavy atom. The van der Waals surface area contributed by atoms with Gasteiger partial charge in [-0.05, 0) is 46.4 Å². The zero-order valence-corrected chi connectivity index (χ0v) is 17.9. The number of nitrogens with zero attached hydrogens (tertiary/aromatic N) is 3. The van der Waals surface area contributed by atoms with E-state index in [2.05, 4.69) is 39.5 Å². The van der Waals surface area contributed by atoms with Gasteiger partial charge in [-0.2, -0.15) is 0 Å². The van der Waals surface area contributed by atoms with E-state index in [0.29, 0.717) is 29.3 Å². The molecule has 0 atom stereocenters. The van der Waals surface area contributed by atoms with E-state index < -0.39 is 5.82 Å². The first-order valence-corrected chi connectivity index (χ1v) is 10.0. The quantitative estimate of drug-likeness (QED) is 0.512. The van der Waals surface area contributed by atoms with Crippen molar-refractivity contribution in [2.45, 2.75) is 6.54 Å². The summed E-state index contributed by atoms with van der Waals surface area (Å²) in [6.45, 7) is 4.81. The molecule has 1 N–H and O–H groups in total. The highest BCUT2D eigenvalue weighted by Crippen LogP contribution is 2.37. The fraction of sp³-hybridized carbons (Fsp3) is 0.0909. The summed E-state index contributed by atoms with van der Waals surface area (Å²) < 4.78 is 16.7. The Morgan fingerprint density at radius 3 is 2.62 bits per heavy atom. The highest BCUT2D eigenvalue weighted by Gasteiger charge is 2.24. The Bertz CT molecular complexity index is 1190. The van der Waals surface area contributed by atoms with Crippen LogP contribution in [0.5, 0.6) is 0 Å². The third-order valence-electron chi connectivity index (χ3n) is 4.76. The van der Waals surface area contributed by atoms with Crippen LogP contribution in [-0.4, -0.2) is 15.8 Å². The molecule has 0 fully saturated rings. The molecule has 4 rings (SSSR count). The van der Waals surface area contributed by atoms with E-state index >= 15 is 0 Å². The van der Waals surface area contributed by atoms with Crippen LogP contribution in [0.15, 0.2) is 71.0 Å². The second-order valence-corrected chi connectivity index (χ2v) is 7.95. The molecule has 5 nitrogen and oxygen atoms in total. The van der Waals surface area contributed by atoms with Crippen LogP contribution in [0, 0.1) is 9.39 Å². The van der Waals surface area contributed by atoms with E-state index in [1.54, 1.807) is 25.5 Å². The van der Waals surface area contributed by atoms with Crippen molar-refractivity contribution in [3.8, 4) is 0 Å². The number of halogens is 2. The van der Waals surface area contributed by atoms with Gasteiger partial charge in [-0.15, -0.1) is 0 Å². The molecule has 1 aliphatic heterocycles. The maximum absolute atomic E-state index is 14.4. The lowest BCUT2D eigenvalue weighted by Gasteiger charge is -2.29. The molecule has 0 saturated heterocycles. The Morgan fingerprint density at radius 2 is 1.90 bits per heavy atom. The van der Waals surface area contributed by atoms with Crippen LogP contribution < -0.4 is 10.9 Å². The first kappa shape index (κ1) is 19.4. The van der Waals surface area contributed by atoms with Gasteiger partial charge in [0.2, 0.25) is 0 Å². The van der Waals surface area contributed by atoms with Gasteiger partial charge in [0, 0.05) is 28.9 Å². The molecule has 0 unspecified atom stereocenters. The highest BCUT2D eigenvalue weighted by molar-refractivity contribution is 14.1. The van der Waals surface area contributed by atoms with Crippen LogP contribution in [-0.2, 0) is 13.6 Å². The predicted molar refractivity (Wildman–Crippen MR) is 123 cm³/mol. The monoisotopic (exact) mass is 500 g/mol. The second-order valence-electron chi connectivity index (χ2n) is 6.71. The SMILES string of the molecule is C=C1c2c(Nc3ccc(I)cc3F)cc(=O)n(C)c2N=CN1Cc1ccccc1. The Hall–Kier alpha value is -2.94. The number of hydrogen-bond donors (Lipinski definition) is 1. The van der Waals surface area contributed by atoms with Gasteiger partial charge in [-0.25, -0.2) is 9.38 Å². The van der Waals surface area contributed by atoms with Gasteiger partial charge in [-0.1, -0.05) is 36.9 Å². The molecule has 3 aromatic rings. The van der Waals surface area contributed by atoms with E-state index in [9.17, 15) is 9.18 Å². The summed E-state index contributed by atoms with van der Waals surface area (Å²) in [4.78, 5) is 18.8. The molecule has 146 valence electrons. The van der Waals surface area contributed by atoms with Gasteiger partial charge >= 0.3 is 0 Å². The maximum atomic E-state index is 14.4. The second kappa shape index (κ2) is 7.82. The lowest BCUT2D eigenvalue weighted by atomic mass is 10.1. The summed E-state index contributed by atoms with van der Waals surface area (Å²) in [7, 11) is 1.66. The van der Waals surface area contributed by atoms with Crippen LogP contribution in [0.1, 0.15) is 11.1 Å². The molecule has 0 aliphatic carbocycles. The molecular weight excluding hydrogens is 482 g/mol. The number of aliphatic imine (C=N–C) groups is 1. The molecule has 1 aromatic heterocycles. The average molecular weight is 500 g/mol. The fourth-order valence-electron chi connectivity index (χ4n) is 3.21. The van der Waals surface area contributed by atoms with Crippen LogP contribution in [0.2, 0.25) is 0 Å². The molecule has 7 heteroatoms. The smallest absolute Gasteiger partial charge is 0.254 e. The molecule has 2 aromatic carbocycles. The maximum Gasteiger partial charge on any atom is 0.254 e. The zero-order chi connectivity index (χ0) is 20.5. The minimum Gasteiger partial charge on any atom is -0.352 e. The minimum absolute atomic E-state index is 0.237. The summed E-state index contributed by atoms with van der Waals surface area (Å²) in [5.74, 6) is 0.0950. The molecular formula is C22H18FIN4O. The van der Waals surface area contributed by atoms with Crippen LogP contribution in [0.3, 0.4) is 0 Å². The summed E-state index contributed by atoms with van der Waals surface area (Å²) in [6.07, 6.45) is 1.67.